The summed E-state index contributed by atoms with van der Waals surface area (Å²) < 4.78 is 0.974. The van der Waals surface area contributed by atoms with E-state index in [1.807, 2.05) is 31.3 Å². The monoisotopic (exact) mass is 522 g/mol. The second-order valence-corrected chi connectivity index (χ2v) is 7.18. The normalized spacial score (nSPS) is 15.5. The van der Waals surface area contributed by atoms with Crippen LogP contribution in [0, 0.1) is 5.92 Å². The van der Waals surface area contributed by atoms with Gasteiger partial charge in [0, 0.05) is 43.3 Å². The molecular weight excluding hydrogens is 495 g/mol. The zero-order valence-electron chi connectivity index (χ0n) is 14.9. The van der Waals surface area contributed by atoms with Crippen molar-refractivity contribution < 1.29 is 4.79 Å². The van der Waals surface area contributed by atoms with E-state index in [0.29, 0.717) is 12.1 Å². The molecule has 1 aromatic rings. The molecule has 1 aliphatic rings. The van der Waals surface area contributed by atoms with Gasteiger partial charge in [0.15, 0.2) is 5.96 Å². The van der Waals surface area contributed by atoms with E-state index in [1.54, 1.807) is 0 Å². The first-order valence-electron chi connectivity index (χ1n) is 8.59. The Kier molecular flexibility index (Phi) is 10.4. The van der Waals surface area contributed by atoms with E-state index in [4.69, 9.17) is 0 Å². The number of aliphatic imine (C=N–C) groups is 1. The van der Waals surface area contributed by atoms with E-state index in [2.05, 4.69) is 43.4 Å². The summed E-state index contributed by atoms with van der Waals surface area (Å²) in [5.41, 5.74) is 0.685. The lowest BCUT2D eigenvalue weighted by atomic mass is 10.00. The fourth-order valence-electron chi connectivity index (χ4n) is 2.75. The minimum atomic E-state index is -0.0306. The van der Waals surface area contributed by atoms with Crippen molar-refractivity contribution in [3.8, 4) is 0 Å². The van der Waals surface area contributed by atoms with Gasteiger partial charge in [-0.25, -0.2) is 0 Å². The Hall–Kier alpha value is -0.830. The first-order chi connectivity index (χ1) is 11.6. The van der Waals surface area contributed by atoms with Crippen LogP contribution in [-0.4, -0.2) is 50.0 Å². The number of carbonyl (C=O) groups is 1. The van der Waals surface area contributed by atoms with Gasteiger partial charge in [0.2, 0.25) is 0 Å². The minimum absolute atomic E-state index is 0. The van der Waals surface area contributed by atoms with Crippen LogP contribution < -0.4 is 10.6 Å². The van der Waals surface area contributed by atoms with E-state index < -0.39 is 0 Å². The molecule has 140 valence electrons. The van der Waals surface area contributed by atoms with Crippen molar-refractivity contribution in [2.45, 2.75) is 26.2 Å². The van der Waals surface area contributed by atoms with Crippen LogP contribution in [0.2, 0.25) is 0 Å². The molecule has 25 heavy (non-hydrogen) atoms. The number of guanidine groups is 1. The number of likely N-dealkylation sites (tertiary alicyclic amines) is 1. The van der Waals surface area contributed by atoms with Gasteiger partial charge >= 0.3 is 0 Å². The molecule has 0 bridgehead atoms. The number of hydrogen-bond donors (Lipinski definition) is 2. The average molecular weight is 523 g/mol. The Morgan fingerprint density at radius 3 is 2.40 bits per heavy atom. The number of amides is 1. The molecular formula is C18H28BrIN4O. The average Bonchev–Trinajstić information content (AvgIpc) is 2.59. The van der Waals surface area contributed by atoms with Gasteiger partial charge in [-0.2, -0.15) is 0 Å². The zero-order chi connectivity index (χ0) is 17.4. The maximum Gasteiger partial charge on any atom is 0.251 e. The predicted octanol–water partition coefficient (Wildman–Crippen LogP) is 3.49. The predicted molar refractivity (Wildman–Crippen MR) is 118 cm³/mol. The summed E-state index contributed by atoms with van der Waals surface area (Å²) >= 11 is 3.37. The van der Waals surface area contributed by atoms with Crippen LogP contribution in [0.25, 0.3) is 0 Å². The zero-order valence-corrected chi connectivity index (χ0v) is 18.8. The van der Waals surface area contributed by atoms with E-state index >= 15 is 0 Å². The van der Waals surface area contributed by atoms with Crippen molar-refractivity contribution >= 4 is 51.8 Å². The SMILES string of the molecule is CN=C(NCCCNC(=O)c1ccc(Br)cc1)N1CCC(C)CC1.I. The molecule has 0 saturated carbocycles. The number of carbonyl (C=O) groups excluding carboxylic acids is 1. The van der Waals surface area contributed by atoms with E-state index in [9.17, 15) is 4.79 Å². The molecule has 0 spiro atoms. The molecule has 7 heteroatoms. The fourth-order valence-corrected chi connectivity index (χ4v) is 3.01. The van der Waals surface area contributed by atoms with Crippen molar-refractivity contribution in [2.24, 2.45) is 10.9 Å². The van der Waals surface area contributed by atoms with Crippen LogP contribution >= 0.6 is 39.9 Å². The standard InChI is InChI=1S/C18H27BrN4O.HI/c1-14-8-12-23(13-9-14)18(20-2)22-11-3-10-21-17(24)15-4-6-16(19)7-5-15;/h4-7,14H,3,8-13H2,1-2H3,(H,20,22)(H,21,24);1H. The first-order valence-corrected chi connectivity index (χ1v) is 9.39. The van der Waals surface area contributed by atoms with E-state index in [-0.39, 0.29) is 29.9 Å². The Morgan fingerprint density at radius 2 is 1.80 bits per heavy atom. The lowest BCUT2D eigenvalue weighted by Crippen LogP contribution is -2.45. The van der Waals surface area contributed by atoms with Crippen molar-refractivity contribution in [1.82, 2.24) is 15.5 Å². The largest absolute Gasteiger partial charge is 0.356 e. The van der Waals surface area contributed by atoms with Crippen molar-refractivity contribution in [3.63, 3.8) is 0 Å². The molecule has 0 radical (unpaired) electrons. The molecule has 5 nitrogen and oxygen atoms in total. The van der Waals surface area contributed by atoms with Gasteiger partial charge in [0.25, 0.3) is 5.91 Å². The Labute approximate surface area is 176 Å². The van der Waals surface area contributed by atoms with Crippen molar-refractivity contribution in [2.75, 3.05) is 33.2 Å². The first kappa shape index (κ1) is 22.2. The van der Waals surface area contributed by atoms with Crippen LogP contribution in [0.3, 0.4) is 0 Å². The molecule has 0 aliphatic carbocycles. The lowest BCUT2D eigenvalue weighted by Gasteiger charge is -2.32. The molecule has 1 aromatic carbocycles. The quantitative estimate of drug-likeness (QED) is 0.269. The highest BCUT2D eigenvalue weighted by Gasteiger charge is 2.18. The number of piperidine rings is 1. The number of rotatable bonds is 5. The lowest BCUT2D eigenvalue weighted by molar-refractivity contribution is 0.0953. The fraction of sp³-hybridized carbons (Fsp3) is 0.556. The number of hydrogen-bond acceptors (Lipinski definition) is 2. The third kappa shape index (κ3) is 7.52. The third-order valence-corrected chi connectivity index (χ3v) is 4.85. The second kappa shape index (κ2) is 11.7. The van der Waals surface area contributed by atoms with Crippen LogP contribution in [-0.2, 0) is 0 Å². The number of benzene rings is 1. The highest BCUT2D eigenvalue weighted by molar-refractivity contribution is 14.0. The molecule has 1 amide bonds. The summed E-state index contributed by atoms with van der Waals surface area (Å²) in [6.07, 6.45) is 3.32. The summed E-state index contributed by atoms with van der Waals surface area (Å²) in [5.74, 6) is 1.76. The van der Waals surface area contributed by atoms with Gasteiger partial charge in [-0.1, -0.05) is 22.9 Å². The molecule has 0 aromatic heterocycles. The molecule has 1 aliphatic heterocycles. The summed E-state index contributed by atoms with van der Waals surface area (Å²) in [7, 11) is 1.83. The maximum atomic E-state index is 12.0. The Bertz CT molecular complexity index is 557. The Morgan fingerprint density at radius 1 is 1.20 bits per heavy atom. The molecule has 0 unspecified atom stereocenters. The molecule has 1 fully saturated rings. The molecule has 2 N–H and O–H groups in total. The molecule has 0 atom stereocenters. The topological polar surface area (TPSA) is 56.7 Å². The maximum absolute atomic E-state index is 12.0. The third-order valence-electron chi connectivity index (χ3n) is 4.32. The summed E-state index contributed by atoms with van der Waals surface area (Å²) in [5, 5.41) is 6.34. The van der Waals surface area contributed by atoms with Gasteiger partial charge in [-0.05, 0) is 49.4 Å². The summed E-state index contributed by atoms with van der Waals surface area (Å²) in [6, 6.07) is 7.38. The molecule has 1 saturated heterocycles. The number of nitrogens with zero attached hydrogens (tertiary/aromatic N) is 2. The van der Waals surface area contributed by atoms with Crippen LogP contribution in [0.1, 0.15) is 36.5 Å². The van der Waals surface area contributed by atoms with Crippen molar-refractivity contribution in [3.05, 3.63) is 34.3 Å². The van der Waals surface area contributed by atoms with E-state index in [0.717, 1.165) is 42.4 Å². The smallest absolute Gasteiger partial charge is 0.251 e. The number of halogens is 2. The summed E-state index contributed by atoms with van der Waals surface area (Å²) in [4.78, 5) is 18.7. The second-order valence-electron chi connectivity index (χ2n) is 6.26. The summed E-state index contributed by atoms with van der Waals surface area (Å²) in [6.45, 7) is 5.90. The van der Waals surface area contributed by atoms with Crippen LogP contribution in [0.15, 0.2) is 33.7 Å². The van der Waals surface area contributed by atoms with Gasteiger partial charge in [0.05, 0.1) is 0 Å². The Balaban J connectivity index is 0.00000312. The van der Waals surface area contributed by atoms with Crippen LogP contribution in [0.4, 0.5) is 0 Å². The van der Waals surface area contributed by atoms with E-state index in [1.165, 1.54) is 12.8 Å². The van der Waals surface area contributed by atoms with Gasteiger partial charge in [-0.3, -0.25) is 9.79 Å². The molecule has 2 rings (SSSR count). The highest BCUT2D eigenvalue weighted by Crippen LogP contribution is 2.15. The van der Waals surface area contributed by atoms with Crippen LogP contribution in [0.5, 0.6) is 0 Å². The highest BCUT2D eigenvalue weighted by atomic mass is 127. The number of nitrogens with one attached hydrogen (secondary N) is 2. The molecule has 1 heterocycles. The van der Waals surface area contributed by atoms with Gasteiger partial charge < -0.3 is 15.5 Å². The minimum Gasteiger partial charge on any atom is -0.356 e. The van der Waals surface area contributed by atoms with Crippen molar-refractivity contribution in [1.29, 1.82) is 0 Å². The van der Waals surface area contributed by atoms with Gasteiger partial charge in [0.1, 0.15) is 0 Å². The van der Waals surface area contributed by atoms with Gasteiger partial charge in [-0.15, -0.1) is 24.0 Å².